The lowest BCUT2D eigenvalue weighted by Crippen LogP contribution is -2.55. The third-order valence-electron chi connectivity index (χ3n) is 8.17. The Bertz CT molecular complexity index is 1390. The molecule has 4 heterocycles. The number of piperazine rings is 1. The van der Waals surface area contributed by atoms with Crippen molar-refractivity contribution in [3.63, 3.8) is 0 Å². The molecule has 218 valence electrons. The highest BCUT2D eigenvalue weighted by molar-refractivity contribution is 7.10. The minimum Gasteiger partial charge on any atom is -0.497 e. The summed E-state index contributed by atoms with van der Waals surface area (Å²) in [7, 11) is 1.60. The SMILES string of the molecule is COc1ccc(C2C(C(=O)c3ccc(C)o3)C(c3sccc3C)C(C(=O)N3CCNCC3)N2C(=O)CC(C)C)cc1. The Morgan fingerprint density at radius 3 is 2.32 bits per heavy atom. The molecule has 3 aromatic rings. The van der Waals surface area contributed by atoms with Crippen LogP contribution in [0.1, 0.15) is 64.5 Å². The normalized spacial score (nSPS) is 22.8. The molecule has 2 aliphatic rings. The van der Waals surface area contributed by atoms with Gasteiger partial charge in [-0.25, -0.2) is 0 Å². The summed E-state index contributed by atoms with van der Waals surface area (Å²) in [6.45, 7) is 10.3. The topological polar surface area (TPSA) is 92.1 Å². The summed E-state index contributed by atoms with van der Waals surface area (Å²) in [6.07, 6.45) is 0.273. The molecule has 0 saturated carbocycles. The molecule has 0 radical (unpaired) electrons. The molecule has 2 saturated heterocycles. The molecule has 2 amide bonds. The maximum absolute atomic E-state index is 14.6. The lowest BCUT2D eigenvalue weighted by atomic mass is 9.79. The van der Waals surface area contributed by atoms with Crippen LogP contribution in [0.3, 0.4) is 0 Å². The fraction of sp³-hybridized carbons (Fsp3) is 0.469. The van der Waals surface area contributed by atoms with Crippen LogP contribution in [0.15, 0.2) is 52.3 Å². The van der Waals surface area contributed by atoms with E-state index in [0.29, 0.717) is 37.7 Å². The van der Waals surface area contributed by atoms with Gasteiger partial charge in [-0.15, -0.1) is 11.3 Å². The molecule has 0 bridgehead atoms. The zero-order valence-corrected chi connectivity index (χ0v) is 25.2. The molecule has 8 nitrogen and oxygen atoms in total. The fourth-order valence-electron chi connectivity index (χ4n) is 6.26. The molecule has 0 aliphatic carbocycles. The lowest BCUT2D eigenvalue weighted by Gasteiger charge is -2.36. The first-order chi connectivity index (χ1) is 19.7. The molecule has 2 fully saturated rings. The predicted octanol–water partition coefficient (Wildman–Crippen LogP) is 4.98. The molecular weight excluding hydrogens is 538 g/mol. The highest BCUT2D eigenvalue weighted by Gasteiger charge is 2.59. The summed E-state index contributed by atoms with van der Waals surface area (Å²) in [5.74, 6) is -0.0411. The number of carbonyl (C=O) groups is 3. The average Bonchev–Trinajstić information content (AvgIpc) is 3.69. The number of hydrogen-bond donors (Lipinski definition) is 1. The van der Waals surface area contributed by atoms with E-state index in [9.17, 15) is 14.4 Å². The number of nitrogens with one attached hydrogen (secondary N) is 1. The second-order valence-electron chi connectivity index (χ2n) is 11.4. The molecule has 2 aromatic heterocycles. The summed E-state index contributed by atoms with van der Waals surface area (Å²) >= 11 is 1.54. The van der Waals surface area contributed by atoms with Crippen LogP contribution in [0, 0.1) is 25.7 Å². The molecule has 4 unspecified atom stereocenters. The van der Waals surface area contributed by atoms with Gasteiger partial charge >= 0.3 is 0 Å². The Morgan fingerprint density at radius 1 is 1.05 bits per heavy atom. The van der Waals surface area contributed by atoms with Crippen molar-refractivity contribution in [2.75, 3.05) is 33.3 Å². The van der Waals surface area contributed by atoms with Gasteiger partial charge in [-0.1, -0.05) is 26.0 Å². The van der Waals surface area contributed by atoms with Crippen LogP contribution < -0.4 is 10.1 Å². The Kier molecular flexibility index (Phi) is 8.66. The van der Waals surface area contributed by atoms with E-state index in [1.54, 1.807) is 35.5 Å². The van der Waals surface area contributed by atoms with Gasteiger partial charge in [0.15, 0.2) is 5.76 Å². The summed E-state index contributed by atoms with van der Waals surface area (Å²) in [6, 6.07) is 11.5. The number of nitrogens with zero attached hydrogens (tertiary/aromatic N) is 2. The largest absolute Gasteiger partial charge is 0.497 e. The zero-order chi connectivity index (χ0) is 29.3. The summed E-state index contributed by atoms with van der Waals surface area (Å²) in [4.78, 5) is 47.9. The van der Waals surface area contributed by atoms with Crippen molar-refractivity contribution in [2.24, 2.45) is 11.8 Å². The van der Waals surface area contributed by atoms with Crippen LogP contribution in [0.2, 0.25) is 0 Å². The number of benzene rings is 1. The number of aryl methyl sites for hydroxylation is 2. The van der Waals surface area contributed by atoms with Crippen molar-refractivity contribution >= 4 is 28.9 Å². The maximum Gasteiger partial charge on any atom is 0.246 e. The van der Waals surface area contributed by atoms with Gasteiger partial charge in [0.2, 0.25) is 17.6 Å². The highest BCUT2D eigenvalue weighted by atomic mass is 32.1. The van der Waals surface area contributed by atoms with Crippen molar-refractivity contribution in [1.82, 2.24) is 15.1 Å². The number of carbonyl (C=O) groups excluding carboxylic acids is 3. The van der Waals surface area contributed by atoms with Gasteiger partial charge in [0.25, 0.3) is 0 Å². The van der Waals surface area contributed by atoms with E-state index in [-0.39, 0.29) is 35.7 Å². The third kappa shape index (κ3) is 5.70. The molecule has 1 aromatic carbocycles. The first-order valence-electron chi connectivity index (χ1n) is 14.3. The van der Waals surface area contributed by atoms with Crippen molar-refractivity contribution < 1.29 is 23.5 Å². The van der Waals surface area contributed by atoms with E-state index in [1.165, 1.54) is 0 Å². The number of ketones is 1. The second-order valence-corrected chi connectivity index (χ2v) is 12.4. The standard InChI is InChI=1S/C32H39N3O5S/c1-19(2)18-25(36)35-28(22-7-9-23(39-5)10-8-22)26(30(37)24-11-6-21(4)40-24)27(31-20(3)12-17-41-31)29(35)32(38)34-15-13-33-14-16-34/h6-12,17,19,26-29,33H,13-16,18H2,1-5H3. The Labute approximate surface area is 245 Å². The number of Topliss-reactive ketones (excluding diaryl/α,β-unsaturated/α-hetero) is 1. The van der Waals surface area contributed by atoms with Crippen molar-refractivity contribution in [3.05, 3.63) is 75.4 Å². The predicted molar refractivity (Wildman–Crippen MR) is 158 cm³/mol. The summed E-state index contributed by atoms with van der Waals surface area (Å²) in [5.41, 5.74) is 1.80. The smallest absolute Gasteiger partial charge is 0.246 e. The number of rotatable bonds is 8. The van der Waals surface area contributed by atoms with Gasteiger partial charge < -0.3 is 24.3 Å². The molecule has 4 atom stereocenters. The number of furan rings is 1. The number of methoxy groups -OCH3 is 1. The van der Waals surface area contributed by atoms with Crippen molar-refractivity contribution in [3.8, 4) is 5.75 Å². The van der Waals surface area contributed by atoms with Crippen LogP contribution in [0.5, 0.6) is 5.75 Å². The maximum atomic E-state index is 14.6. The molecule has 0 spiro atoms. The number of likely N-dealkylation sites (tertiary alicyclic amines) is 1. The quantitative estimate of drug-likeness (QED) is 0.380. The third-order valence-corrected chi connectivity index (χ3v) is 9.29. The van der Waals surface area contributed by atoms with Crippen molar-refractivity contribution in [2.45, 2.75) is 52.1 Å². The molecule has 5 rings (SSSR count). The van der Waals surface area contributed by atoms with Gasteiger partial charge in [0.1, 0.15) is 17.6 Å². The van der Waals surface area contributed by atoms with Gasteiger partial charge in [0, 0.05) is 43.4 Å². The van der Waals surface area contributed by atoms with Crippen LogP contribution in [-0.2, 0) is 9.59 Å². The van der Waals surface area contributed by atoms with E-state index in [4.69, 9.17) is 9.15 Å². The summed E-state index contributed by atoms with van der Waals surface area (Å²) < 4.78 is 11.3. The van der Waals surface area contributed by atoms with Gasteiger partial charge in [-0.05, 0) is 66.6 Å². The molecule has 1 N–H and O–H groups in total. The average molecular weight is 578 g/mol. The van der Waals surface area contributed by atoms with Crippen molar-refractivity contribution in [1.29, 1.82) is 0 Å². The molecule has 2 aliphatic heterocycles. The van der Waals surface area contributed by atoms with E-state index < -0.39 is 23.9 Å². The Balaban J connectivity index is 1.74. The van der Waals surface area contributed by atoms with E-state index in [2.05, 4.69) is 5.32 Å². The Hall–Kier alpha value is -3.43. The lowest BCUT2D eigenvalue weighted by molar-refractivity contribution is -0.146. The zero-order valence-electron chi connectivity index (χ0n) is 24.4. The monoisotopic (exact) mass is 577 g/mol. The molecular formula is C32H39N3O5S. The molecule has 41 heavy (non-hydrogen) atoms. The summed E-state index contributed by atoms with van der Waals surface area (Å²) in [5, 5.41) is 5.31. The van der Waals surface area contributed by atoms with E-state index in [0.717, 1.165) is 16.0 Å². The number of thiophene rings is 1. The first-order valence-corrected chi connectivity index (χ1v) is 15.2. The Morgan fingerprint density at radius 2 is 1.76 bits per heavy atom. The number of hydrogen-bond acceptors (Lipinski definition) is 7. The second kappa shape index (κ2) is 12.2. The van der Waals surface area contributed by atoms with E-state index >= 15 is 0 Å². The molecule has 9 heteroatoms. The van der Waals surface area contributed by atoms with Gasteiger partial charge in [-0.2, -0.15) is 0 Å². The minimum absolute atomic E-state index is 0.0818. The fourth-order valence-corrected chi connectivity index (χ4v) is 7.37. The number of ether oxygens (including phenoxy) is 1. The van der Waals surface area contributed by atoms with Gasteiger partial charge in [0.05, 0.1) is 19.1 Å². The minimum atomic E-state index is -0.825. The highest BCUT2D eigenvalue weighted by Crippen LogP contribution is 2.53. The van der Waals surface area contributed by atoms with Crippen LogP contribution in [-0.4, -0.2) is 66.7 Å². The van der Waals surface area contributed by atoms with E-state index in [1.807, 2.05) is 68.3 Å². The first kappa shape index (κ1) is 29.1. The van der Waals surface area contributed by atoms with Crippen LogP contribution in [0.25, 0.3) is 0 Å². The number of amides is 2. The van der Waals surface area contributed by atoms with Gasteiger partial charge in [-0.3, -0.25) is 14.4 Å². The van der Waals surface area contributed by atoms with Crippen LogP contribution in [0.4, 0.5) is 0 Å². The van der Waals surface area contributed by atoms with Crippen LogP contribution >= 0.6 is 11.3 Å².